The largest absolute Gasteiger partial charge is 0.329 e. The van der Waals surface area contributed by atoms with Crippen LogP contribution >= 0.6 is 39.9 Å². The summed E-state index contributed by atoms with van der Waals surface area (Å²) < 4.78 is 27.8. The average Bonchev–Trinajstić information content (AvgIpc) is 3.09. The average molecular weight is 390 g/mol. The monoisotopic (exact) mass is 388 g/mol. The lowest BCUT2D eigenvalue weighted by atomic mass is 10.2. The van der Waals surface area contributed by atoms with E-state index in [1.165, 1.54) is 6.07 Å². The van der Waals surface area contributed by atoms with E-state index in [4.69, 9.17) is 17.3 Å². The molecule has 108 valence electrons. The van der Waals surface area contributed by atoms with Gasteiger partial charge in [-0.25, -0.2) is 13.1 Å². The molecule has 1 atom stereocenters. The van der Waals surface area contributed by atoms with Gasteiger partial charge in [0, 0.05) is 17.1 Å². The first-order valence-electron chi connectivity index (χ1n) is 5.61. The Kier molecular flexibility index (Phi) is 6.10. The molecule has 1 saturated carbocycles. The number of rotatable bonds is 5. The summed E-state index contributed by atoms with van der Waals surface area (Å²) in [4.78, 5) is 0.0893. The van der Waals surface area contributed by atoms with Gasteiger partial charge in [0.25, 0.3) is 0 Å². The van der Waals surface area contributed by atoms with Gasteiger partial charge in [-0.2, -0.15) is 0 Å². The van der Waals surface area contributed by atoms with E-state index in [1.807, 2.05) is 0 Å². The predicted molar refractivity (Wildman–Crippen MR) is 82.3 cm³/mol. The number of nitrogens with two attached hydrogens (primary N) is 1. The fraction of sp³-hybridized carbons (Fsp3) is 0.455. The van der Waals surface area contributed by atoms with Gasteiger partial charge in [-0.3, -0.25) is 0 Å². The maximum atomic E-state index is 12.2. The minimum absolute atomic E-state index is 0. The Bertz CT molecular complexity index is 550. The lowest BCUT2D eigenvalue weighted by Gasteiger charge is -2.16. The quantitative estimate of drug-likeness (QED) is 0.812. The Balaban J connectivity index is 0.00000180. The molecule has 1 aromatic rings. The van der Waals surface area contributed by atoms with Crippen LogP contribution in [0.5, 0.6) is 0 Å². The summed E-state index contributed by atoms with van der Waals surface area (Å²) in [6, 6.07) is 4.49. The lowest BCUT2D eigenvalue weighted by Crippen LogP contribution is -2.41. The molecular weight excluding hydrogens is 375 g/mol. The zero-order valence-corrected chi connectivity index (χ0v) is 13.9. The van der Waals surface area contributed by atoms with Gasteiger partial charge >= 0.3 is 0 Å². The zero-order valence-electron chi connectivity index (χ0n) is 9.97. The maximum Gasteiger partial charge on any atom is 0.242 e. The van der Waals surface area contributed by atoms with Crippen LogP contribution in [0, 0.1) is 5.92 Å². The summed E-state index contributed by atoms with van der Waals surface area (Å²) >= 11 is 9.20. The molecule has 0 radical (unpaired) electrons. The Morgan fingerprint density at radius 1 is 1.47 bits per heavy atom. The predicted octanol–water partition coefficient (Wildman–Crippen LogP) is 2.54. The SMILES string of the molecule is Cl.NCC(NS(=O)(=O)c1ccc(Br)cc1Cl)C1CC1. The van der Waals surface area contributed by atoms with Crippen molar-refractivity contribution in [2.75, 3.05) is 6.54 Å². The van der Waals surface area contributed by atoms with Crippen LogP contribution in [-0.4, -0.2) is 21.0 Å². The van der Waals surface area contributed by atoms with Crippen LogP contribution < -0.4 is 10.5 Å². The van der Waals surface area contributed by atoms with Crippen LogP contribution in [0.2, 0.25) is 5.02 Å². The van der Waals surface area contributed by atoms with E-state index in [9.17, 15) is 8.42 Å². The molecule has 0 heterocycles. The lowest BCUT2D eigenvalue weighted by molar-refractivity contribution is 0.519. The summed E-state index contributed by atoms with van der Waals surface area (Å²) in [7, 11) is -3.61. The smallest absolute Gasteiger partial charge is 0.242 e. The minimum Gasteiger partial charge on any atom is -0.329 e. The van der Waals surface area contributed by atoms with E-state index in [-0.39, 0.29) is 28.4 Å². The van der Waals surface area contributed by atoms with Crippen LogP contribution in [-0.2, 0) is 10.0 Å². The van der Waals surface area contributed by atoms with E-state index in [0.29, 0.717) is 12.5 Å². The van der Waals surface area contributed by atoms with Gasteiger partial charge in [-0.15, -0.1) is 12.4 Å². The maximum absolute atomic E-state index is 12.2. The summed E-state index contributed by atoms with van der Waals surface area (Å²) in [5, 5.41) is 0.198. The highest BCUT2D eigenvalue weighted by Gasteiger charge is 2.33. The summed E-state index contributed by atoms with van der Waals surface area (Å²) in [5.74, 6) is 0.360. The molecule has 0 bridgehead atoms. The van der Waals surface area contributed by atoms with Crippen molar-refractivity contribution in [2.24, 2.45) is 11.7 Å². The number of benzene rings is 1. The number of hydrogen-bond acceptors (Lipinski definition) is 3. The van der Waals surface area contributed by atoms with E-state index in [2.05, 4.69) is 20.7 Å². The van der Waals surface area contributed by atoms with Gasteiger partial charge in [0.1, 0.15) is 4.90 Å². The van der Waals surface area contributed by atoms with Gasteiger partial charge in [-0.05, 0) is 37.0 Å². The Morgan fingerprint density at radius 2 is 2.11 bits per heavy atom. The van der Waals surface area contributed by atoms with Crippen molar-refractivity contribution in [3.8, 4) is 0 Å². The Hall–Kier alpha value is 0.150. The molecule has 1 unspecified atom stereocenters. The highest BCUT2D eigenvalue weighted by atomic mass is 79.9. The van der Waals surface area contributed by atoms with Gasteiger partial charge in [0.05, 0.1) is 5.02 Å². The fourth-order valence-electron chi connectivity index (χ4n) is 1.79. The first-order valence-corrected chi connectivity index (χ1v) is 8.27. The Labute approximate surface area is 132 Å². The van der Waals surface area contributed by atoms with Crippen molar-refractivity contribution in [3.63, 3.8) is 0 Å². The van der Waals surface area contributed by atoms with Gasteiger partial charge in [0.2, 0.25) is 10.0 Å². The molecule has 0 spiro atoms. The zero-order chi connectivity index (χ0) is 13.3. The first-order chi connectivity index (χ1) is 8.44. The second kappa shape index (κ2) is 6.74. The van der Waals surface area contributed by atoms with E-state index in [0.717, 1.165) is 17.3 Å². The summed E-state index contributed by atoms with van der Waals surface area (Å²) in [5.41, 5.74) is 5.59. The van der Waals surface area contributed by atoms with Crippen molar-refractivity contribution in [1.82, 2.24) is 4.72 Å². The summed E-state index contributed by atoms with van der Waals surface area (Å²) in [6.07, 6.45) is 2.05. The molecular formula is C11H15BrCl2N2O2S. The molecule has 2 rings (SSSR count). The van der Waals surface area contributed by atoms with E-state index in [1.54, 1.807) is 12.1 Å². The number of halogens is 3. The highest BCUT2D eigenvalue weighted by molar-refractivity contribution is 9.10. The molecule has 0 aromatic heterocycles. The molecule has 0 aliphatic heterocycles. The Morgan fingerprint density at radius 3 is 2.58 bits per heavy atom. The fourth-order valence-corrected chi connectivity index (χ4v) is 4.15. The van der Waals surface area contributed by atoms with Crippen molar-refractivity contribution < 1.29 is 8.42 Å². The molecule has 19 heavy (non-hydrogen) atoms. The molecule has 8 heteroatoms. The third-order valence-corrected chi connectivity index (χ3v) is 5.40. The first kappa shape index (κ1) is 17.2. The van der Waals surface area contributed by atoms with Gasteiger partial charge in [-0.1, -0.05) is 27.5 Å². The topological polar surface area (TPSA) is 72.2 Å². The van der Waals surface area contributed by atoms with Crippen LogP contribution in [0.15, 0.2) is 27.6 Å². The van der Waals surface area contributed by atoms with Crippen molar-refractivity contribution in [1.29, 1.82) is 0 Å². The van der Waals surface area contributed by atoms with Crippen molar-refractivity contribution in [3.05, 3.63) is 27.7 Å². The summed E-state index contributed by atoms with van der Waals surface area (Å²) in [6.45, 7) is 0.304. The van der Waals surface area contributed by atoms with E-state index >= 15 is 0 Å². The number of nitrogens with one attached hydrogen (secondary N) is 1. The molecule has 1 fully saturated rings. The molecule has 0 saturated heterocycles. The number of sulfonamides is 1. The number of hydrogen-bond donors (Lipinski definition) is 2. The molecule has 1 aliphatic carbocycles. The molecule has 4 nitrogen and oxygen atoms in total. The third-order valence-electron chi connectivity index (χ3n) is 2.93. The van der Waals surface area contributed by atoms with Crippen molar-refractivity contribution in [2.45, 2.75) is 23.8 Å². The molecule has 0 amide bonds. The second-order valence-electron chi connectivity index (χ2n) is 4.38. The molecule has 1 aliphatic rings. The standard InChI is InChI=1S/C11H14BrClN2O2S.ClH/c12-8-3-4-11(9(13)5-8)18(16,17)15-10(6-14)7-1-2-7;/h3-5,7,10,15H,1-2,6,14H2;1H. The van der Waals surface area contributed by atoms with Gasteiger partial charge in [0.15, 0.2) is 0 Å². The van der Waals surface area contributed by atoms with Crippen molar-refractivity contribution >= 4 is 50.0 Å². The normalized spacial score (nSPS) is 16.8. The minimum atomic E-state index is -3.61. The van der Waals surface area contributed by atoms with E-state index < -0.39 is 10.0 Å². The third kappa shape index (κ3) is 4.31. The molecule has 3 N–H and O–H groups in total. The molecule has 1 aromatic carbocycles. The van der Waals surface area contributed by atoms with Gasteiger partial charge < -0.3 is 5.73 Å². The van der Waals surface area contributed by atoms with Crippen LogP contribution in [0.25, 0.3) is 0 Å². The second-order valence-corrected chi connectivity index (χ2v) is 7.38. The van der Waals surface area contributed by atoms with Crippen LogP contribution in [0.3, 0.4) is 0 Å². The van der Waals surface area contributed by atoms with Crippen LogP contribution in [0.4, 0.5) is 0 Å². The van der Waals surface area contributed by atoms with Crippen LogP contribution in [0.1, 0.15) is 12.8 Å². The highest BCUT2D eigenvalue weighted by Crippen LogP contribution is 2.33.